The van der Waals surface area contributed by atoms with Crippen LogP contribution in [0.15, 0.2) is 36.4 Å². The monoisotopic (exact) mass is 406 g/mol. The van der Waals surface area contributed by atoms with Gasteiger partial charge in [0.25, 0.3) is 11.6 Å². The van der Waals surface area contributed by atoms with Crippen LogP contribution in [0.4, 0.5) is 15.8 Å². The van der Waals surface area contributed by atoms with E-state index in [9.17, 15) is 24.1 Å². The van der Waals surface area contributed by atoms with Crippen molar-refractivity contribution in [2.24, 2.45) is 0 Å². The highest BCUT2D eigenvalue weighted by molar-refractivity contribution is 6.30. The molecule has 2 aromatic carbocycles. The fourth-order valence-corrected chi connectivity index (χ4v) is 2.44. The number of hydrogen-bond acceptors (Lipinski definition) is 5. The molecule has 0 radical (unpaired) electrons. The predicted octanol–water partition coefficient (Wildman–Crippen LogP) is 4.20. The Balaban J connectivity index is 1.98. The summed E-state index contributed by atoms with van der Waals surface area (Å²) in [6.45, 7) is 2.76. The number of halogens is 2. The molecule has 146 valence electrons. The van der Waals surface area contributed by atoms with Crippen LogP contribution in [0.25, 0.3) is 6.08 Å². The molecule has 0 atom stereocenters. The first-order chi connectivity index (χ1) is 13.2. The normalized spacial score (nSPS) is 10.7. The summed E-state index contributed by atoms with van der Waals surface area (Å²) in [7, 11) is 0. The van der Waals surface area contributed by atoms with Gasteiger partial charge in [-0.3, -0.25) is 14.9 Å². The van der Waals surface area contributed by atoms with Crippen LogP contribution >= 0.6 is 11.6 Å². The van der Waals surface area contributed by atoms with Crippen LogP contribution in [0.5, 0.6) is 0 Å². The van der Waals surface area contributed by atoms with Gasteiger partial charge in [-0.15, -0.1) is 0 Å². The Kier molecular flexibility index (Phi) is 6.84. The zero-order valence-corrected chi connectivity index (χ0v) is 15.7. The van der Waals surface area contributed by atoms with Crippen molar-refractivity contribution in [2.45, 2.75) is 13.8 Å². The van der Waals surface area contributed by atoms with E-state index in [2.05, 4.69) is 5.32 Å². The molecule has 0 aliphatic rings. The molecule has 0 aliphatic carbocycles. The lowest BCUT2D eigenvalue weighted by Crippen LogP contribution is -2.21. The fourth-order valence-electron chi connectivity index (χ4n) is 2.25. The van der Waals surface area contributed by atoms with Gasteiger partial charge in [-0.2, -0.15) is 0 Å². The highest BCUT2D eigenvalue weighted by Crippen LogP contribution is 2.30. The zero-order valence-electron chi connectivity index (χ0n) is 15.0. The molecule has 1 amide bonds. The molecule has 1 N–H and O–H groups in total. The van der Waals surface area contributed by atoms with E-state index in [1.54, 1.807) is 19.9 Å². The molecule has 28 heavy (non-hydrogen) atoms. The molecule has 2 aromatic rings. The zero-order chi connectivity index (χ0) is 20.8. The largest absolute Gasteiger partial charge is 0.452 e. The number of nitrogens with one attached hydrogen (secondary N) is 1. The summed E-state index contributed by atoms with van der Waals surface area (Å²) in [6, 6.07) is 6.76. The van der Waals surface area contributed by atoms with Gasteiger partial charge >= 0.3 is 5.97 Å². The van der Waals surface area contributed by atoms with Crippen molar-refractivity contribution in [1.82, 2.24) is 0 Å². The minimum absolute atomic E-state index is 0.0579. The van der Waals surface area contributed by atoms with Gasteiger partial charge in [0.15, 0.2) is 6.61 Å². The molecule has 9 heteroatoms. The van der Waals surface area contributed by atoms with Crippen LogP contribution in [0, 0.1) is 29.8 Å². The second-order valence-corrected chi connectivity index (χ2v) is 6.23. The summed E-state index contributed by atoms with van der Waals surface area (Å²) >= 11 is 5.64. The van der Waals surface area contributed by atoms with Crippen LogP contribution in [-0.4, -0.2) is 23.4 Å². The molecule has 0 aromatic heterocycles. The van der Waals surface area contributed by atoms with Crippen molar-refractivity contribution in [3.8, 4) is 0 Å². The molecular weight excluding hydrogens is 391 g/mol. The Bertz CT molecular complexity index is 975. The minimum atomic E-state index is -0.814. The van der Waals surface area contributed by atoms with Gasteiger partial charge in [0.1, 0.15) is 11.5 Å². The molecule has 0 bridgehead atoms. The van der Waals surface area contributed by atoms with E-state index in [4.69, 9.17) is 16.3 Å². The summed E-state index contributed by atoms with van der Waals surface area (Å²) in [5, 5.41) is 13.4. The smallest absolute Gasteiger partial charge is 0.331 e. The molecular formula is C19H16ClFN2O5. The van der Waals surface area contributed by atoms with E-state index in [0.29, 0.717) is 11.1 Å². The van der Waals surface area contributed by atoms with E-state index in [0.717, 1.165) is 17.7 Å². The average molecular weight is 407 g/mol. The van der Waals surface area contributed by atoms with Crippen LogP contribution in [0.2, 0.25) is 5.02 Å². The highest BCUT2D eigenvalue weighted by Gasteiger charge is 2.19. The SMILES string of the molecule is Cc1ccc([N+](=O)[O-])c(NC(=O)COC(=O)/C=C/c2ccc(F)c(Cl)c2)c1C. The summed E-state index contributed by atoms with van der Waals surface area (Å²) < 4.78 is 17.9. The lowest BCUT2D eigenvalue weighted by Gasteiger charge is -2.11. The number of amides is 1. The predicted molar refractivity (Wildman–Crippen MR) is 103 cm³/mol. The Morgan fingerprint density at radius 3 is 2.64 bits per heavy atom. The minimum Gasteiger partial charge on any atom is -0.452 e. The van der Waals surface area contributed by atoms with E-state index in [-0.39, 0.29) is 16.4 Å². The molecule has 2 rings (SSSR count). The topological polar surface area (TPSA) is 98.5 Å². The molecule has 0 spiro atoms. The van der Waals surface area contributed by atoms with E-state index in [1.165, 1.54) is 24.3 Å². The number of benzene rings is 2. The fraction of sp³-hybridized carbons (Fsp3) is 0.158. The third-order valence-corrected chi connectivity index (χ3v) is 4.17. The number of aryl methyl sites for hydroxylation is 1. The maximum absolute atomic E-state index is 13.1. The van der Waals surface area contributed by atoms with E-state index >= 15 is 0 Å². The maximum Gasteiger partial charge on any atom is 0.331 e. The number of nitro benzene ring substituents is 1. The third-order valence-electron chi connectivity index (χ3n) is 3.88. The van der Waals surface area contributed by atoms with Gasteiger partial charge in [0.2, 0.25) is 0 Å². The Morgan fingerprint density at radius 1 is 1.29 bits per heavy atom. The number of carbonyl (C=O) groups excluding carboxylic acids is 2. The first-order valence-corrected chi connectivity index (χ1v) is 8.41. The lowest BCUT2D eigenvalue weighted by molar-refractivity contribution is -0.384. The molecule has 0 saturated heterocycles. The molecule has 7 nitrogen and oxygen atoms in total. The number of hydrogen-bond donors (Lipinski definition) is 1. The molecule has 0 fully saturated rings. The summed E-state index contributed by atoms with van der Waals surface area (Å²) in [4.78, 5) is 34.3. The number of nitro groups is 1. The molecule has 0 unspecified atom stereocenters. The van der Waals surface area contributed by atoms with Crippen molar-refractivity contribution in [1.29, 1.82) is 0 Å². The van der Waals surface area contributed by atoms with Crippen LogP contribution in [-0.2, 0) is 14.3 Å². The quantitative estimate of drug-likeness (QED) is 0.335. The Hall–Kier alpha value is -3.26. The number of rotatable bonds is 6. The molecule has 0 saturated carbocycles. The molecule has 0 aliphatic heterocycles. The summed E-state index contributed by atoms with van der Waals surface area (Å²) in [5.41, 5.74) is 1.58. The molecule has 0 heterocycles. The number of esters is 1. The van der Waals surface area contributed by atoms with Gasteiger partial charge in [-0.25, -0.2) is 9.18 Å². The number of carbonyl (C=O) groups is 2. The summed E-state index contributed by atoms with van der Waals surface area (Å²) in [5.74, 6) is -2.12. The van der Waals surface area contributed by atoms with Crippen molar-refractivity contribution < 1.29 is 23.6 Å². The van der Waals surface area contributed by atoms with Crippen LogP contribution in [0.1, 0.15) is 16.7 Å². The Morgan fingerprint density at radius 2 is 2.00 bits per heavy atom. The highest BCUT2D eigenvalue weighted by atomic mass is 35.5. The number of ether oxygens (including phenoxy) is 1. The first kappa shape index (κ1) is 21.0. The number of anilines is 1. The van der Waals surface area contributed by atoms with Crippen LogP contribution in [0.3, 0.4) is 0 Å². The van der Waals surface area contributed by atoms with Crippen LogP contribution < -0.4 is 5.32 Å². The van der Waals surface area contributed by atoms with Crippen molar-refractivity contribution >= 4 is 40.9 Å². The Labute approximate surface area is 164 Å². The number of nitrogens with zero attached hydrogens (tertiary/aromatic N) is 1. The average Bonchev–Trinajstić information content (AvgIpc) is 2.64. The van der Waals surface area contributed by atoms with Gasteiger partial charge in [-0.05, 0) is 48.7 Å². The van der Waals surface area contributed by atoms with Gasteiger partial charge in [-0.1, -0.05) is 23.7 Å². The second kappa shape index (κ2) is 9.09. The first-order valence-electron chi connectivity index (χ1n) is 8.03. The van der Waals surface area contributed by atoms with E-state index < -0.39 is 29.2 Å². The standard InChI is InChI=1S/C19H16ClFN2O5/c1-11-3-7-16(23(26)27)19(12(11)2)22-17(24)10-28-18(25)8-5-13-4-6-15(21)14(20)9-13/h3-9H,10H2,1-2H3,(H,22,24)/b8-5+. The van der Waals surface area contributed by atoms with E-state index in [1.807, 2.05) is 0 Å². The second-order valence-electron chi connectivity index (χ2n) is 5.82. The van der Waals surface area contributed by atoms with Crippen molar-refractivity contribution in [3.05, 3.63) is 74.1 Å². The van der Waals surface area contributed by atoms with Crippen molar-refractivity contribution in [3.63, 3.8) is 0 Å². The lowest BCUT2D eigenvalue weighted by atomic mass is 10.1. The maximum atomic E-state index is 13.1. The van der Waals surface area contributed by atoms with Gasteiger partial charge < -0.3 is 10.1 Å². The third kappa shape index (κ3) is 5.37. The van der Waals surface area contributed by atoms with Crippen molar-refractivity contribution in [2.75, 3.05) is 11.9 Å². The summed E-state index contributed by atoms with van der Waals surface area (Å²) in [6.07, 6.45) is 2.40. The van der Waals surface area contributed by atoms with Gasteiger partial charge in [0.05, 0.1) is 9.95 Å². The van der Waals surface area contributed by atoms with Gasteiger partial charge in [0, 0.05) is 12.1 Å².